The second kappa shape index (κ2) is 8.08. The smallest absolute Gasteiger partial charge is 0.213 e. The molecule has 7 heteroatoms. The number of nitrogens with one attached hydrogen (secondary N) is 1. The Morgan fingerprint density at radius 3 is 2.62 bits per heavy atom. The molecule has 0 bridgehead atoms. The Hall–Kier alpha value is -2.51. The van der Waals surface area contributed by atoms with Crippen LogP contribution in [0.15, 0.2) is 48.9 Å². The van der Waals surface area contributed by atoms with E-state index in [4.69, 9.17) is 0 Å². The van der Waals surface area contributed by atoms with Gasteiger partial charge in [0, 0.05) is 54.5 Å². The summed E-state index contributed by atoms with van der Waals surface area (Å²) in [5, 5.41) is 5.86. The van der Waals surface area contributed by atoms with Crippen molar-refractivity contribution < 1.29 is 8.42 Å². The van der Waals surface area contributed by atoms with Gasteiger partial charge in [0.15, 0.2) is 0 Å². The second-order valence-electron chi connectivity index (χ2n) is 7.52. The van der Waals surface area contributed by atoms with Crippen molar-refractivity contribution in [3.63, 3.8) is 0 Å². The Labute approximate surface area is 172 Å². The molecule has 0 radical (unpaired) electrons. The van der Waals surface area contributed by atoms with Gasteiger partial charge in [-0.05, 0) is 73.5 Å². The number of pyridine rings is 2. The van der Waals surface area contributed by atoms with E-state index in [2.05, 4.69) is 33.5 Å². The average Bonchev–Trinajstić information content (AvgIpc) is 2.74. The highest BCUT2D eigenvalue weighted by molar-refractivity contribution is 7.89. The van der Waals surface area contributed by atoms with Gasteiger partial charge in [0.1, 0.15) is 0 Å². The molecule has 4 rings (SSSR count). The summed E-state index contributed by atoms with van der Waals surface area (Å²) >= 11 is 0. The van der Waals surface area contributed by atoms with Gasteiger partial charge in [0.05, 0.1) is 5.75 Å². The van der Waals surface area contributed by atoms with E-state index in [-0.39, 0.29) is 11.8 Å². The Morgan fingerprint density at radius 1 is 1.10 bits per heavy atom. The summed E-state index contributed by atoms with van der Waals surface area (Å²) in [6.07, 6.45) is 7.11. The predicted molar refractivity (Wildman–Crippen MR) is 117 cm³/mol. The maximum atomic E-state index is 12.1. The largest absolute Gasteiger partial charge is 0.382 e. The Morgan fingerprint density at radius 2 is 1.90 bits per heavy atom. The van der Waals surface area contributed by atoms with E-state index in [0.717, 1.165) is 46.1 Å². The first-order valence-corrected chi connectivity index (χ1v) is 11.6. The third kappa shape index (κ3) is 4.26. The number of nitrogens with zero attached hydrogens (tertiary/aromatic N) is 3. The summed E-state index contributed by atoms with van der Waals surface area (Å²) in [7, 11) is -3.11. The monoisotopic (exact) mass is 410 g/mol. The van der Waals surface area contributed by atoms with Crippen LogP contribution in [0.4, 0.5) is 5.69 Å². The van der Waals surface area contributed by atoms with Gasteiger partial charge in [-0.3, -0.25) is 9.97 Å². The molecule has 0 amide bonds. The first kappa shape index (κ1) is 19.8. The third-order valence-electron chi connectivity index (χ3n) is 5.56. The van der Waals surface area contributed by atoms with Crippen molar-refractivity contribution in [1.29, 1.82) is 0 Å². The molecule has 29 heavy (non-hydrogen) atoms. The standard InChI is InChI=1S/C22H26N4O2S/c1-3-29(27,28)26-10-6-20(7-11-26)25-22-14-19(17-5-9-24-16(2)12-17)13-18-4-8-23-15-21(18)22/h4-5,8-9,12-15,20,25H,3,6-7,10-11H2,1-2H3. The Balaban J connectivity index is 1.62. The molecule has 1 saturated heterocycles. The minimum Gasteiger partial charge on any atom is -0.382 e. The molecule has 0 unspecified atom stereocenters. The molecule has 0 saturated carbocycles. The molecule has 152 valence electrons. The van der Waals surface area contributed by atoms with Gasteiger partial charge < -0.3 is 5.32 Å². The maximum absolute atomic E-state index is 12.1. The highest BCUT2D eigenvalue weighted by atomic mass is 32.2. The van der Waals surface area contributed by atoms with Crippen LogP contribution in [-0.4, -0.2) is 47.6 Å². The van der Waals surface area contributed by atoms with Crippen molar-refractivity contribution in [2.75, 3.05) is 24.2 Å². The summed E-state index contributed by atoms with van der Waals surface area (Å²) in [5.74, 6) is 0.162. The molecule has 0 atom stereocenters. The topological polar surface area (TPSA) is 75.2 Å². The fourth-order valence-corrected chi connectivity index (χ4v) is 5.02. The van der Waals surface area contributed by atoms with Gasteiger partial charge in [-0.2, -0.15) is 0 Å². The molecule has 1 N–H and O–H groups in total. The molecule has 1 aliphatic rings. The summed E-state index contributed by atoms with van der Waals surface area (Å²) < 4.78 is 25.8. The van der Waals surface area contributed by atoms with Gasteiger partial charge in [-0.25, -0.2) is 12.7 Å². The molecule has 0 aliphatic carbocycles. The van der Waals surface area contributed by atoms with Crippen LogP contribution in [0.25, 0.3) is 21.9 Å². The zero-order valence-electron chi connectivity index (χ0n) is 16.8. The minimum atomic E-state index is -3.11. The van der Waals surface area contributed by atoms with Crippen molar-refractivity contribution in [2.45, 2.75) is 32.7 Å². The fourth-order valence-electron chi connectivity index (χ4n) is 3.89. The van der Waals surface area contributed by atoms with Crippen LogP contribution in [-0.2, 0) is 10.0 Å². The molecule has 1 fully saturated rings. The van der Waals surface area contributed by atoms with Crippen LogP contribution in [0.1, 0.15) is 25.5 Å². The van der Waals surface area contributed by atoms with Gasteiger partial charge in [-0.1, -0.05) is 0 Å². The van der Waals surface area contributed by atoms with Gasteiger partial charge >= 0.3 is 0 Å². The number of hydrogen-bond donors (Lipinski definition) is 1. The Bertz CT molecular complexity index is 1120. The van der Waals surface area contributed by atoms with Crippen LogP contribution >= 0.6 is 0 Å². The molecule has 2 aromatic heterocycles. The maximum Gasteiger partial charge on any atom is 0.213 e. The molecular weight excluding hydrogens is 384 g/mol. The normalized spacial score (nSPS) is 16.2. The number of rotatable bonds is 5. The number of fused-ring (bicyclic) bond motifs is 1. The van der Waals surface area contributed by atoms with Gasteiger partial charge in [-0.15, -0.1) is 0 Å². The number of hydrogen-bond acceptors (Lipinski definition) is 5. The van der Waals surface area contributed by atoms with Crippen molar-refractivity contribution >= 4 is 26.5 Å². The average molecular weight is 411 g/mol. The predicted octanol–water partition coefficient (Wildman–Crippen LogP) is 3.83. The van der Waals surface area contributed by atoms with Gasteiger partial charge in [0.25, 0.3) is 0 Å². The van der Waals surface area contributed by atoms with Crippen LogP contribution < -0.4 is 5.32 Å². The van der Waals surface area contributed by atoms with E-state index >= 15 is 0 Å². The zero-order valence-corrected chi connectivity index (χ0v) is 17.6. The van der Waals surface area contributed by atoms with E-state index in [1.165, 1.54) is 0 Å². The number of piperidine rings is 1. The van der Waals surface area contributed by atoms with Crippen LogP contribution in [0.3, 0.4) is 0 Å². The van der Waals surface area contributed by atoms with E-state index in [9.17, 15) is 8.42 Å². The highest BCUT2D eigenvalue weighted by Crippen LogP contribution is 2.32. The van der Waals surface area contributed by atoms with Crippen molar-refractivity contribution in [2.24, 2.45) is 0 Å². The van der Waals surface area contributed by atoms with Crippen LogP contribution in [0.5, 0.6) is 0 Å². The summed E-state index contributed by atoms with van der Waals surface area (Å²) in [6.45, 7) is 4.82. The second-order valence-corrected chi connectivity index (χ2v) is 9.78. The van der Waals surface area contributed by atoms with E-state index in [1.807, 2.05) is 37.6 Å². The minimum absolute atomic E-state index is 0.162. The zero-order chi connectivity index (χ0) is 20.4. The molecule has 1 aliphatic heterocycles. The van der Waals surface area contributed by atoms with E-state index < -0.39 is 10.0 Å². The Kier molecular flexibility index (Phi) is 5.52. The number of aromatic nitrogens is 2. The molecule has 0 spiro atoms. The van der Waals surface area contributed by atoms with Crippen molar-refractivity contribution in [3.8, 4) is 11.1 Å². The van der Waals surface area contributed by atoms with Gasteiger partial charge in [0.2, 0.25) is 10.0 Å². The lowest BCUT2D eigenvalue weighted by Crippen LogP contribution is -2.42. The SMILES string of the molecule is CCS(=O)(=O)N1CCC(Nc2cc(-c3ccnc(C)c3)cc3ccncc23)CC1. The quantitative estimate of drug-likeness (QED) is 0.692. The van der Waals surface area contributed by atoms with E-state index in [0.29, 0.717) is 13.1 Å². The lowest BCUT2D eigenvalue weighted by molar-refractivity contribution is 0.330. The number of sulfonamides is 1. The van der Waals surface area contributed by atoms with Crippen LogP contribution in [0, 0.1) is 6.92 Å². The third-order valence-corrected chi connectivity index (χ3v) is 7.44. The summed E-state index contributed by atoms with van der Waals surface area (Å²) in [4.78, 5) is 8.60. The lowest BCUT2D eigenvalue weighted by atomic mass is 9.99. The lowest BCUT2D eigenvalue weighted by Gasteiger charge is -2.32. The molecule has 1 aromatic carbocycles. The first-order valence-electron chi connectivity index (χ1n) is 10.0. The van der Waals surface area contributed by atoms with Crippen molar-refractivity contribution in [3.05, 3.63) is 54.6 Å². The fraction of sp³-hybridized carbons (Fsp3) is 0.364. The summed E-state index contributed by atoms with van der Waals surface area (Å²) in [5.41, 5.74) is 4.28. The number of benzene rings is 1. The molecule has 3 aromatic rings. The van der Waals surface area contributed by atoms with Crippen molar-refractivity contribution in [1.82, 2.24) is 14.3 Å². The highest BCUT2D eigenvalue weighted by Gasteiger charge is 2.26. The number of anilines is 1. The van der Waals surface area contributed by atoms with Crippen LogP contribution in [0.2, 0.25) is 0 Å². The molecule has 3 heterocycles. The first-order chi connectivity index (χ1) is 14.0. The van der Waals surface area contributed by atoms with E-state index in [1.54, 1.807) is 11.2 Å². The summed E-state index contributed by atoms with van der Waals surface area (Å²) in [6, 6.07) is 10.7. The molecular formula is C22H26N4O2S. The molecule has 6 nitrogen and oxygen atoms in total. The number of aryl methyl sites for hydroxylation is 1.